The number of likely N-dealkylation sites (tertiary alicyclic amines) is 1. The highest BCUT2D eigenvalue weighted by Crippen LogP contribution is 2.09. The first-order valence-corrected chi connectivity index (χ1v) is 4.18. The molecule has 1 nitrogen and oxygen atoms in total. The third kappa shape index (κ3) is 2.14. The molecule has 1 heterocycles. The molecule has 0 saturated carbocycles. The van der Waals surface area contributed by atoms with Gasteiger partial charge in [-0.2, -0.15) is 0 Å². The van der Waals surface area contributed by atoms with Crippen LogP contribution in [0.25, 0.3) is 0 Å². The molecule has 1 aliphatic heterocycles. The van der Waals surface area contributed by atoms with Crippen LogP contribution in [0.5, 0.6) is 0 Å². The Morgan fingerprint density at radius 3 is 2.60 bits per heavy atom. The van der Waals surface area contributed by atoms with Gasteiger partial charge in [0.05, 0.1) is 0 Å². The van der Waals surface area contributed by atoms with Crippen molar-refractivity contribution in [2.24, 2.45) is 5.92 Å². The fraction of sp³-hybridized carbons (Fsp3) is 0.778. The van der Waals surface area contributed by atoms with Crippen molar-refractivity contribution in [3.05, 3.63) is 12.7 Å². The molecule has 58 valence electrons. The Kier molecular flexibility index (Phi) is 2.94. The zero-order valence-electron chi connectivity index (χ0n) is 6.84. The van der Waals surface area contributed by atoms with Gasteiger partial charge in [-0.05, 0) is 31.8 Å². The Balaban J connectivity index is 2.17. The third-order valence-electron chi connectivity index (χ3n) is 2.15. The summed E-state index contributed by atoms with van der Waals surface area (Å²) in [5, 5.41) is 0. The molecule has 1 heteroatoms. The van der Waals surface area contributed by atoms with Crippen LogP contribution in [0, 0.1) is 5.92 Å². The van der Waals surface area contributed by atoms with Crippen LogP contribution in [-0.2, 0) is 0 Å². The van der Waals surface area contributed by atoms with Gasteiger partial charge in [-0.25, -0.2) is 0 Å². The van der Waals surface area contributed by atoms with Gasteiger partial charge in [0, 0.05) is 6.54 Å². The molecule has 0 N–H and O–H groups in total. The van der Waals surface area contributed by atoms with E-state index in [4.69, 9.17) is 0 Å². The van der Waals surface area contributed by atoms with E-state index in [-0.39, 0.29) is 0 Å². The maximum Gasteiger partial charge on any atom is 0.00416 e. The van der Waals surface area contributed by atoms with E-state index in [0.29, 0.717) is 5.92 Å². The lowest BCUT2D eigenvalue weighted by Gasteiger charge is -2.16. The average Bonchev–Trinajstić information content (AvgIpc) is 2.40. The van der Waals surface area contributed by atoms with E-state index in [0.717, 1.165) is 0 Å². The van der Waals surface area contributed by atoms with E-state index < -0.39 is 0 Å². The summed E-state index contributed by atoms with van der Waals surface area (Å²) in [5.74, 6) is 0.665. The van der Waals surface area contributed by atoms with Crippen LogP contribution >= 0.6 is 0 Å². The van der Waals surface area contributed by atoms with Gasteiger partial charge in [-0.3, -0.25) is 0 Å². The molecular weight excluding hydrogens is 122 g/mol. The molecule has 0 bridgehead atoms. The van der Waals surface area contributed by atoms with Crippen LogP contribution in [0.1, 0.15) is 19.8 Å². The zero-order valence-corrected chi connectivity index (χ0v) is 6.84. The van der Waals surface area contributed by atoms with Gasteiger partial charge in [0.25, 0.3) is 0 Å². The maximum absolute atomic E-state index is 3.78. The van der Waals surface area contributed by atoms with Crippen molar-refractivity contribution in [3.63, 3.8) is 0 Å². The standard InChI is InChI=1S/C9H17N/c1-3-9(2)8-10-6-4-5-7-10/h3,9H,1,4-8H2,2H3/t9-/m1/s1. The Bertz CT molecular complexity index is 103. The lowest BCUT2D eigenvalue weighted by molar-refractivity contribution is 0.311. The van der Waals surface area contributed by atoms with Crippen LogP contribution in [-0.4, -0.2) is 24.5 Å². The summed E-state index contributed by atoms with van der Waals surface area (Å²) in [6, 6.07) is 0. The van der Waals surface area contributed by atoms with Crippen molar-refractivity contribution >= 4 is 0 Å². The first-order valence-electron chi connectivity index (χ1n) is 4.18. The first-order chi connectivity index (χ1) is 4.83. The molecule has 0 radical (unpaired) electrons. The molecule has 0 aromatic rings. The Labute approximate surface area is 63.7 Å². The van der Waals surface area contributed by atoms with Gasteiger partial charge in [0.15, 0.2) is 0 Å². The zero-order chi connectivity index (χ0) is 7.40. The van der Waals surface area contributed by atoms with Gasteiger partial charge in [0.2, 0.25) is 0 Å². The van der Waals surface area contributed by atoms with E-state index in [2.05, 4.69) is 18.4 Å². The van der Waals surface area contributed by atoms with Gasteiger partial charge in [-0.1, -0.05) is 13.0 Å². The number of rotatable bonds is 3. The second-order valence-electron chi connectivity index (χ2n) is 3.22. The van der Waals surface area contributed by atoms with E-state index in [9.17, 15) is 0 Å². The molecular formula is C9H17N. The van der Waals surface area contributed by atoms with E-state index >= 15 is 0 Å². The molecule has 0 spiro atoms. The number of hydrogen-bond donors (Lipinski definition) is 0. The van der Waals surface area contributed by atoms with Crippen LogP contribution in [0.15, 0.2) is 12.7 Å². The Morgan fingerprint density at radius 1 is 1.50 bits per heavy atom. The lowest BCUT2D eigenvalue weighted by atomic mass is 10.2. The van der Waals surface area contributed by atoms with Crippen LogP contribution in [0.2, 0.25) is 0 Å². The average molecular weight is 139 g/mol. The monoisotopic (exact) mass is 139 g/mol. The molecule has 1 atom stereocenters. The fourth-order valence-corrected chi connectivity index (χ4v) is 1.45. The van der Waals surface area contributed by atoms with Gasteiger partial charge in [0.1, 0.15) is 0 Å². The highest BCUT2D eigenvalue weighted by atomic mass is 15.1. The second-order valence-corrected chi connectivity index (χ2v) is 3.22. The van der Waals surface area contributed by atoms with Gasteiger partial charge in [-0.15, -0.1) is 6.58 Å². The topological polar surface area (TPSA) is 3.24 Å². The van der Waals surface area contributed by atoms with E-state index in [1.165, 1.54) is 32.5 Å². The minimum absolute atomic E-state index is 0.665. The summed E-state index contributed by atoms with van der Waals surface area (Å²) in [7, 11) is 0. The second kappa shape index (κ2) is 3.77. The molecule has 0 aliphatic carbocycles. The molecule has 1 fully saturated rings. The van der Waals surface area contributed by atoms with Crippen molar-refractivity contribution in [2.45, 2.75) is 19.8 Å². The predicted octanol–water partition coefficient (Wildman–Crippen LogP) is 1.90. The van der Waals surface area contributed by atoms with Crippen molar-refractivity contribution in [1.82, 2.24) is 4.90 Å². The van der Waals surface area contributed by atoms with Gasteiger partial charge < -0.3 is 4.90 Å². The number of nitrogens with zero attached hydrogens (tertiary/aromatic N) is 1. The summed E-state index contributed by atoms with van der Waals surface area (Å²) < 4.78 is 0. The Hall–Kier alpha value is -0.300. The summed E-state index contributed by atoms with van der Waals surface area (Å²) in [4.78, 5) is 2.52. The summed E-state index contributed by atoms with van der Waals surface area (Å²) in [6.07, 6.45) is 4.83. The van der Waals surface area contributed by atoms with Crippen molar-refractivity contribution in [2.75, 3.05) is 19.6 Å². The summed E-state index contributed by atoms with van der Waals surface area (Å²) >= 11 is 0. The van der Waals surface area contributed by atoms with Crippen molar-refractivity contribution in [3.8, 4) is 0 Å². The maximum atomic E-state index is 3.78. The van der Waals surface area contributed by atoms with E-state index in [1.54, 1.807) is 0 Å². The Morgan fingerprint density at radius 2 is 2.10 bits per heavy atom. The normalized spacial score (nSPS) is 22.9. The summed E-state index contributed by atoms with van der Waals surface area (Å²) in [5.41, 5.74) is 0. The fourth-order valence-electron chi connectivity index (χ4n) is 1.45. The molecule has 1 saturated heterocycles. The van der Waals surface area contributed by atoms with Crippen LogP contribution < -0.4 is 0 Å². The SMILES string of the molecule is C=C[C@@H](C)CN1CCCC1. The smallest absolute Gasteiger partial charge is 0.00416 e. The highest BCUT2D eigenvalue weighted by molar-refractivity contribution is 4.79. The van der Waals surface area contributed by atoms with E-state index in [1.807, 2.05) is 6.08 Å². The van der Waals surface area contributed by atoms with Crippen molar-refractivity contribution < 1.29 is 0 Å². The first kappa shape index (κ1) is 7.80. The van der Waals surface area contributed by atoms with Crippen LogP contribution in [0.3, 0.4) is 0 Å². The molecule has 0 aromatic heterocycles. The van der Waals surface area contributed by atoms with Crippen molar-refractivity contribution in [1.29, 1.82) is 0 Å². The number of hydrogen-bond acceptors (Lipinski definition) is 1. The minimum atomic E-state index is 0.665. The molecule has 0 aromatic carbocycles. The quantitative estimate of drug-likeness (QED) is 0.540. The molecule has 10 heavy (non-hydrogen) atoms. The molecule has 1 rings (SSSR count). The van der Waals surface area contributed by atoms with Gasteiger partial charge >= 0.3 is 0 Å². The minimum Gasteiger partial charge on any atom is -0.303 e. The lowest BCUT2D eigenvalue weighted by Crippen LogP contribution is -2.24. The van der Waals surface area contributed by atoms with Crippen LogP contribution in [0.4, 0.5) is 0 Å². The third-order valence-corrected chi connectivity index (χ3v) is 2.15. The predicted molar refractivity (Wildman–Crippen MR) is 45.0 cm³/mol. The molecule has 0 amide bonds. The molecule has 1 aliphatic rings. The largest absolute Gasteiger partial charge is 0.303 e. The summed E-state index contributed by atoms with van der Waals surface area (Å²) in [6.45, 7) is 9.82. The molecule has 0 unspecified atom stereocenters. The highest BCUT2D eigenvalue weighted by Gasteiger charge is 2.12.